The molecule has 2 aromatic carbocycles. The van der Waals surface area contributed by atoms with E-state index in [0.717, 1.165) is 24.2 Å². The summed E-state index contributed by atoms with van der Waals surface area (Å²) in [5, 5.41) is 6.01. The number of carbonyl (C=O) groups is 2. The fraction of sp³-hybridized carbons (Fsp3) is 0.333. The van der Waals surface area contributed by atoms with Crippen molar-refractivity contribution >= 4 is 23.2 Å². The molecule has 2 amide bonds. The smallest absolute Gasteiger partial charge is 0.258 e. The van der Waals surface area contributed by atoms with E-state index in [-0.39, 0.29) is 24.4 Å². The summed E-state index contributed by atoms with van der Waals surface area (Å²) in [6.07, 6.45) is 1.78. The van der Waals surface area contributed by atoms with E-state index in [2.05, 4.69) is 16.7 Å². The molecule has 0 unspecified atom stereocenters. The van der Waals surface area contributed by atoms with Crippen LogP contribution in [0.25, 0.3) is 0 Å². The first-order chi connectivity index (χ1) is 12.6. The molecule has 0 spiro atoms. The van der Waals surface area contributed by atoms with Crippen molar-refractivity contribution in [1.82, 2.24) is 5.32 Å². The SMILES string of the molecule is CC[C@H](C)NC(=O)CNc1cccc(C(=O)N2CCc3ccccc32)c1. The van der Waals surface area contributed by atoms with Crippen LogP contribution in [0.5, 0.6) is 0 Å². The average molecular weight is 351 g/mol. The molecule has 0 saturated heterocycles. The maximum absolute atomic E-state index is 12.9. The highest BCUT2D eigenvalue weighted by Gasteiger charge is 2.25. The van der Waals surface area contributed by atoms with Crippen LogP contribution in [0.15, 0.2) is 48.5 Å². The standard InChI is InChI=1S/C21H25N3O2/c1-3-15(2)23-20(25)14-22-18-9-6-8-17(13-18)21(26)24-12-11-16-7-4-5-10-19(16)24/h4-10,13,15,22H,3,11-12,14H2,1-2H3,(H,23,25)/t15-/m0/s1. The minimum atomic E-state index is -0.0513. The fourth-order valence-corrected chi connectivity index (χ4v) is 3.08. The second kappa shape index (κ2) is 8.04. The van der Waals surface area contributed by atoms with E-state index >= 15 is 0 Å². The molecule has 0 aliphatic carbocycles. The molecule has 136 valence electrons. The minimum absolute atomic E-state index is 0.0114. The van der Waals surface area contributed by atoms with E-state index in [1.807, 2.05) is 55.1 Å². The Kier molecular flexibility index (Phi) is 5.56. The molecule has 1 aliphatic rings. The number of rotatable bonds is 6. The Morgan fingerprint density at radius 2 is 1.96 bits per heavy atom. The number of nitrogens with one attached hydrogen (secondary N) is 2. The predicted molar refractivity (Wildman–Crippen MR) is 105 cm³/mol. The van der Waals surface area contributed by atoms with Gasteiger partial charge in [0, 0.05) is 29.5 Å². The fourth-order valence-electron chi connectivity index (χ4n) is 3.08. The van der Waals surface area contributed by atoms with Crippen molar-refractivity contribution in [3.05, 3.63) is 59.7 Å². The summed E-state index contributed by atoms with van der Waals surface area (Å²) in [5.74, 6) is -0.0628. The summed E-state index contributed by atoms with van der Waals surface area (Å²) < 4.78 is 0. The molecule has 5 heteroatoms. The second-order valence-electron chi connectivity index (χ2n) is 6.65. The Balaban J connectivity index is 1.66. The Morgan fingerprint density at radius 3 is 2.77 bits per heavy atom. The molecule has 3 rings (SSSR count). The molecule has 2 N–H and O–H groups in total. The van der Waals surface area contributed by atoms with Crippen LogP contribution < -0.4 is 15.5 Å². The molecule has 1 atom stereocenters. The third kappa shape index (κ3) is 4.04. The lowest BCUT2D eigenvalue weighted by molar-refractivity contribution is -0.120. The number of carbonyl (C=O) groups excluding carboxylic acids is 2. The lowest BCUT2D eigenvalue weighted by Gasteiger charge is -2.18. The maximum atomic E-state index is 12.9. The van der Waals surface area contributed by atoms with Gasteiger partial charge >= 0.3 is 0 Å². The molecular formula is C21H25N3O2. The van der Waals surface area contributed by atoms with Crippen LogP contribution in [-0.2, 0) is 11.2 Å². The largest absolute Gasteiger partial charge is 0.376 e. The molecule has 0 radical (unpaired) electrons. The van der Waals surface area contributed by atoms with Crippen LogP contribution in [0.3, 0.4) is 0 Å². The van der Waals surface area contributed by atoms with Gasteiger partial charge in [-0.3, -0.25) is 9.59 Å². The van der Waals surface area contributed by atoms with Crippen LogP contribution in [-0.4, -0.2) is 30.9 Å². The Hall–Kier alpha value is -2.82. The lowest BCUT2D eigenvalue weighted by atomic mass is 10.1. The first-order valence-electron chi connectivity index (χ1n) is 9.11. The van der Waals surface area contributed by atoms with Crippen molar-refractivity contribution in [2.45, 2.75) is 32.7 Å². The summed E-state index contributed by atoms with van der Waals surface area (Å²) in [5.41, 5.74) is 3.58. The maximum Gasteiger partial charge on any atom is 0.258 e. The van der Waals surface area contributed by atoms with Crippen molar-refractivity contribution in [3.8, 4) is 0 Å². The normalized spacial score (nSPS) is 13.8. The molecule has 0 aromatic heterocycles. The van der Waals surface area contributed by atoms with E-state index in [0.29, 0.717) is 12.1 Å². The van der Waals surface area contributed by atoms with Crippen molar-refractivity contribution in [2.24, 2.45) is 0 Å². The van der Waals surface area contributed by atoms with E-state index in [1.54, 1.807) is 6.07 Å². The Morgan fingerprint density at radius 1 is 1.15 bits per heavy atom. The molecule has 0 fully saturated rings. The van der Waals surface area contributed by atoms with Crippen LogP contribution in [0.4, 0.5) is 11.4 Å². The molecule has 5 nitrogen and oxygen atoms in total. The average Bonchev–Trinajstić information content (AvgIpc) is 3.10. The summed E-state index contributed by atoms with van der Waals surface area (Å²) >= 11 is 0. The molecule has 1 heterocycles. The first kappa shape index (κ1) is 18.0. The van der Waals surface area contributed by atoms with Gasteiger partial charge in [-0.15, -0.1) is 0 Å². The van der Waals surface area contributed by atoms with Gasteiger partial charge in [0.05, 0.1) is 6.54 Å². The van der Waals surface area contributed by atoms with Gasteiger partial charge in [0.2, 0.25) is 5.91 Å². The molecule has 0 saturated carbocycles. The third-order valence-corrected chi connectivity index (χ3v) is 4.71. The van der Waals surface area contributed by atoms with E-state index in [4.69, 9.17) is 0 Å². The Labute approximate surface area is 154 Å². The number of fused-ring (bicyclic) bond motifs is 1. The zero-order valence-electron chi connectivity index (χ0n) is 15.3. The lowest BCUT2D eigenvalue weighted by Crippen LogP contribution is -2.36. The number of nitrogens with zero attached hydrogens (tertiary/aromatic N) is 1. The third-order valence-electron chi connectivity index (χ3n) is 4.71. The van der Waals surface area contributed by atoms with Crippen LogP contribution in [0.1, 0.15) is 36.2 Å². The number of para-hydroxylation sites is 1. The molecule has 0 bridgehead atoms. The highest BCUT2D eigenvalue weighted by molar-refractivity contribution is 6.07. The van der Waals surface area contributed by atoms with Gasteiger partial charge in [0.25, 0.3) is 5.91 Å². The number of amides is 2. The van der Waals surface area contributed by atoms with E-state index < -0.39 is 0 Å². The Bertz CT molecular complexity index is 803. The summed E-state index contributed by atoms with van der Waals surface area (Å²) in [6.45, 7) is 4.90. The summed E-state index contributed by atoms with van der Waals surface area (Å²) in [4.78, 5) is 26.6. The van der Waals surface area contributed by atoms with Gasteiger partial charge in [-0.05, 0) is 49.6 Å². The van der Waals surface area contributed by atoms with Gasteiger partial charge in [0.1, 0.15) is 0 Å². The van der Waals surface area contributed by atoms with Gasteiger partial charge in [-0.2, -0.15) is 0 Å². The topological polar surface area (TPSA) is 61.4 Å². The zero-order chi connectivity index (χ0) is 18.5. The molecule has 2 aromatic rings. The number of hydrogen-bond acceptors (Lipinski definition) is 3. The van der Waals surface area contributed by atoms with Crippen molar-refractivity contribution in [3.63, 3.8) is 0 Å². The van der Waals surface area contributed by atoms with Gasteiger partial charge in [-0.25, -0.2) is 0 Å². The molecule has 26 heavy (non-hydrogen) atoms. The highest BCUT2D eigenvalue weighted by atomic mass is 16.2. The number of hydrogen-bond donors (Lipinski definition) is 2. The highest BCUT2D eigenvalue weighted by Crippen LogP contribution is 2.29. The summed E-state index contributed by atoms with van der Waals surface area (Å²) in [6, 6.07) is 15.5. The number of anilines is 2. The van der Waals surface area contributed by atoms with E-state index in [1.165, 1.54) is 5.56 Å². The minimum Gasteiger partial charge on any atom is -0.376 e. The first-order valence-corrected chi connectivity index (χ1v) is 9.11. The van der Waals surface area contributed by atoms with Crippen LogP contribution in [0.2, 0.25) is 0 Å². The second-order valence-corrected chi connectivity index (χ2v) is 6.65. The van der Waals surface area contributed by atoms with Gasteiger partial charge in [-0.1, -0.05) is 31.2 Å². The van der Waals surface area contributed by atoms with Gasteiger partial charge < -0.3 is 15.5 Å². The van der Waals surface area contributed by atoms with E-state index in [9.17, 15) is 9.59 Å². The van der Waals surface area contributed by atoms with Gasteiger partial charge in [0.15, 0.2) is 0 Å². The summed E-state index contributed by atoms with van der Waals surface area (Å²) in [7, 11) is 0. The molecule has 1 aliphatic heterocycles. The number of benzene rings is 2. The van der Waals surface area contributed by atoms with Crippen molar-refractivity contribution < 1.29 is 9.59 Å². The molecular weight excluding hydrogens is 326 g/mol. The van der Waals surface area contributed by atoms with Crippen molar-refractivity contribution in [1.29, 1.82) is 0 Å². The van der Waals surface area contributed by atoms with Crippen molar-refractivity contribution in [2.75, 3.05) is 23.3 Å². The monoisotopic (exact) mass is 351 g/mol. The van der Waals surface area contributed by atoms with Crippen LogP contribution >= 0.6 is 0 Å². The van der Waals surface area contributed by atoms with Crippen LogP contribution in [0, 0.1) is 0 Å². The zero-order valence-corrected chi connectivity index (χ0v) is 15.3. The predicted octanol–water partition coefficient (Wildman–Crippen LogP) is 3.22. The quantitative estimate of drug-likeness (QED) is 0.840.